The van der Waals surface area contributed by atoms with Gasteiger partial charge in [-0.05, 0) is 133 Å². The smallest absolute Gasteiger partial charge is 0.338 e. The lowest BCUT2D eigenvalue weighted by atomic mass is 9.61. The monoisotopic (exact) mass is 1140 g/mol. The Labute approximate surface area is 499 Å². The van der Waals surface area contributed by atoms with Crippen molar-refractivity contribution in [3.8, 4) is 0 Å². The molecule has 0 aromatic heterocycles. The van der Waals surface area contributed by atoms with Crippen LogP contribution in [-0.4, -0.2) is 76.7 Å². The first-order valence-electron chi connectivity index (χ1n) is 33.5. The third-order valence-electron chi connectivity index (χ3n) is 19.0. The van der Waals surface area contributed by atoms with Crippen LogP contribution in [0, 0.1) is 34.5 Å². The number of esters is 4. The van der Waals surface area contributed by atoms with Gasteiger partial charge in [0.15, 0.2) is 0 Å². The first-order valence-corrected chi connectivity index (χ1v) is 33.5. The number of benzene rings is 2. The standard InChI is InChI=1S/C72H116O10/c1-11-15-17-19-25-31-37-63-55(35-29-18-16-12-2)39-40-56(36-30-24-20-22-27-33-41-79-65(73)57-43-59(47-61(45-57)69(5,6)7)67(75)81-53-71(13-3)49-77-50-71)64(63)38-32-26-21-23-28-34-42-80-66(74)58-44-60(48-62(46-58)70(8,9)10)68(76)82-54-72(14-4)51-78-52-72/h43-48,55-56,63-64H,11-42,49-54H2,1-10H3. The Morgan fingerprint density at radius 1 is 0.402 bits per heavy atom. The first kappa shape index (κ1) is 69.0. The van der Waals surface area contributed by atoms with Gasteiger partial charge in [-0.3, -0.25) is 0 Å². The Bertz CT molecular complexity index is 2180. The molecule has 5 rings (SSSR count). The Hall–Kier alpha value is -3.76. The van der Waals surface area contributed by atoms with Crippen molar-refractivity contribution in [1.82, 2.24) is 0 Å². The fourth-order valence-electron chi connectivity index (χ4n) is 12.8. The summed E-state index contributed by atoms with van der Waals surface area (Å²) in [5.74, 6) is 1.82. The van der Waals surface area contributed by atoms with E-state index < -0.39 is 11.9 Å². The van der Waals surface area contributed by atoms with E-state index in [4.69, 9.17) is 28.4 Å². The highest BCUT2D eigenvalue weighted by Gasteiger charge is 2.40. The average molecular weight is 1140 g/mol. The number of carbonyl (C=O) groups is 4. The molecule has 1 aliphatic carbocycles. The Kier molecular flexibility index (Phi) is 30.0. The second kappa shape index (κ2) is 35.6. The van der Waals surface area contributed by atoms with Crippen molar-refractivity contribution < 1.29 is 47.6 Å². The lowest BCUT2D eigenvalue weighted by molar-refractivity contribution is -0.140. The molecule has 0 spiro atoms. The van der Waals surface area contributed by atoms with Crippen LogP contribution in [-0.2, 0) is 39.3 Å². The molecule has 0 amide bonds. The summed E-state index contributed by atoms with van der Waals surface area (Å²) in [6, 6.07) is 10.7. The number of rotatable bonds is 40. The first-order chi connectivity index (χ1) is 39.4. The van der Waals surface area contributed by atoms with E-state index in [0.29, 0.717) is 75.1 Å². The minimum absolute atomic E-state index is 0.110. The molecule has 3 aliphatic rings. The number of ether oxygens (including phenoxy) is 6. The van der Waals surface area contributed by atoms with E-state index >= 15 is 0 Å². The molecule has 464 valence electrons. The van der Waals surface area contributed by atoms with Crippen LogP contribution in [0.4, 0.5) is 0 Å². The lowest BCUT2D eigenvalue weighted by Crippen LogP contribution is -2.46. The fraction of sp³-hybridized carbons (Fsp3) is 0.778. The van der Waals surface area contributed by atoms with Crippen molar-refractivity contribution in [2.45, 2.75) is 273 Å². The summed E-state index contributed by atoms with van der Waals surface area (Å²) in [4.78, 5) is 53.3. The minimum Gasteiger partial charge on any atom is -0.462 e. The molecule has 2 heterocycles. The van der Waals surface area contributed by atoms with Gasteiger partial charge in [0.05, 0.1) is 72.7 Å². The van der Waals surface area contributed by atoms with Crippen LogP contribution < -0.4 is 0 Å². The van der Waals surface area contributed by atoms with E-state index in [9.17, 15) is 19.2 Å². The third-order valence-corrected chi connectivity index (χ3v) is 19.0. The van der Waals surface area contributed by atoms with Crippen LogP contribution in [0.25, 0.3) is 0 Å². The van der Waals surface area contributed by atoms with Gasteiger partial charge in [0.1, 0.15) is 13.2 Å². The number of carbonyl (C=O) groups excluding carboxylic acids is 4. The van der Waals surface area contributed by atoms with Crippen LogP contribution in [0.15, 0.2) is 36.4 Å². The van der Waals surface area contributed by atoms with Gasteiger partial charge in [-0.25, -0.2) is 19.2 Å². The van der Waals surface area contributed by atoms with Crippen LogP contribution in [0.3, 0.4) is 0 Å². The topological polar surface area (TPSA) is 124 Å². The van der Waals surface area contributed by atoms with Gasteiger partial charge in [-0.2, -0.15) is 0 Å². The molecule has 1 saturated carbocycles. The summed E-state index contributed by atoms with van der Waals surface area (Å²) in [6.45, 7) is 25.1. The predicted molar refractivity (Wildman–Crippen MR) is 333 cm³/mol. The summed E-state index contributed by atoms with van der Waals surface area (Å²) in [7, 11) is 0. The normalized spacial score (nSPS) is 19.4. The molecule has 0 bridgehead atoms. The van der Waals surface area contributed by atoms with E-state index in [2.05, 4.69) is 69.2 Å². The SMILES string of the molecule is CCCCCCCCC1C(CCCCCC)CCC(CCCCCCCCOC(=O)c2cc(C(=O)OCC3(CC)COC3)cc(C(C)(C)C)c2)C1CCCCCCCCOC(=O)c1cc(C(=O)OCC2(CC)COC2)cc(C(C)(C)C)c1. The Balaban J connectivity index is 1.06. The molecule has 0 N–H and O–H groups in total. The van der Waals surface area contributed by atoms with Crippen molar-refractivity contribution >= 4 is 23.9 Å². The predicted octanol–water partition coefficient (Wildman–Crippen LogP) is 18.9. The summed E-state index contributed by atoms with van der Waals surface area (Å²) < 4.78 is 34.0. The molecular formula is C72H116O10. The van der Waals surface area contributed by atoms with Crippen molar-refractivity contribution in [2.75, 3.05) is 52.9 Å². The van der Waals surface area contributed by atoms with E-state index in [1.165, 1.54) is 141 Å². The maximum absolute atomic E-state index is 13.4. The van der Waals surface area contributed by atoms with Gasteiger partial charge in [0.25, 0.3) is 0 Å². The van der Waals surface area contributed by atoms with Crippen LogP contribution in [0.5, 0.6) is 0 Å². The van der Waals surface area contributed by atoms with Crippen molar-refractivity contribution in [3.63, 3.8) is 0 Å². The summed E-state index contributed by atoms with van der Waals surface area (Å²) in [6.07, 6.45) is 37.4. The van der Waals surface area contributed by atoms with Crippen molar-refractivity contribution in [3.05, 3.63) is 69.8 Å². The molecule has 4 atom stereocenters. The molecule has 4 unspecified atom stereocenters. The summed E-state index contributed by atoms with van der Waals surface area (Å²) in [5, 5.41) is 0. The molecule has 2 aliphatic heterocycles. The Morgan fingerprint density at radius 3 is 1.00 bits per heavy atom. The molecule has 10 heteroatoms. The molecule has 10 nitrogen and oxygen atoms in total. The Morgan fingerprint density at radius 2 is 0.695 bits per heavy atom. The second-order valence-electron chi connectivity index (χ2n) is 27.9. The van der Waals surface area contributed by atoms with Gasteiger partial charge >= 0.3 is 23.9 Å². The average Bonchev–Trinajstić information content (AvgIpc) is 3.57. The number of hydrogen-bond acceptors (Lipinski definition) is 10. The molecule has 0 radical (unpaired) electrons. The quantitative estimate of drug-likeness (QED) is 0.0362. The molecule has 2 saturated heterocycles. The van der Waals surface area contributed by atoms with Gasteiger partial charge in [0, 0.05) is 0 Å². The van der Waals surface area contributed by atoms with Gasteiger partial charge in [-0.15, -0.1) is 0 Å². The highest BCUT2D eigenvalue weighted by Crippen LogP contribution is 2.48. The van der Waals surface area contributed by atoms with E-state index in [-0.39, 0.29) is 33.6 Å². The molecule has 2 aromatic rings. The van der Waals surface area contributed by atoms with Crippen molar-refractivity contribution in [1.29, 1.82) is 0 Å². The van der Waals surface area contributed by atoms with Gasteiger partial charge in [0.2, 0.25) is 0 Å². The largest absolute Gasteiger partial charge is 0.462 e. The maximum Gasteiger partial charge on any atom is 0.338 e. The van der Waals surface area contributed by atoms with E-state index in [1.54, 1.807) is 12.1 Å². The lowest BCUT2D eigenvalue weighted by Gasteiger charge is -2.44. The van der Waals surface area contributed by atoms with E-state index in [1.807, 2.05) is 24.3 Å². The highest BCUT2D eigenvalue weighted by atomic mass is 16.6. The summed E-state index contributed by atoms with van der Waals surface area (Å²) >= 11 is 0. The number of hydrogen-bond donors (Lipinski definition) is 0. The van der Waals surface area contributed by atoms with Crippen molar-refractivity contribution in [2.24, 2.45) is 34.5 Å². The minimum atomic E-state index is -0.411. The zero-order chi connectivity index (χ0) is 59.4. The van der Waals surface area contributed by atoms with Gasteiger partial charge < -0.3 is 28.4 Å². The third kappa shape index (κ3) is 22.9. The highest BCUT2D eigenvalue weighted by molar-refractivity contribution is 5.96. The maximum atomic E-state index is 13.4. The van der Waals surface area contributed by atoms with Gasteiger partial charge in [-0.1, -0.05) is 210 Å². The summed E-state index contributed by atoms with van der Waals surface area (Å²) in [5.41, 5.74) is 2.66. The second-order valence-corrected chi connectivity index (χ2v) is 27.9. The van der Waals surface area contributed by atoms with E-state index in [0.717, 1.165) is 86.2 Å². The zero-order valence-corrected chi connectivity index (χ0v) is 53.7. The number of unbranched alkanes of at least 4 members (excludes halogenated alkanes) is 18. The van der Waals surface area contributed by atoms with Crippen LogP contribution >= 0.6 is 0 Å². The van der Waals surface area contributed by atoms with Crippen LogP contribution in [0.2, 0.25) is 0 Å². The molecular weight excluding hydrogens is 1020 g/mol. The van der Waals surface area contributed by atoms with Crippen LogP contribution in [0.1, 0.15) is 314 Å². The molecule has 2 aromatic carbocycles. The zero-order valence-electron chi connectivity index (χ0n) is 53.7. The molecule has 82 heavy (non-hydrogen) atoms. The molecule has 3 fully saturated rings. The fourth-order valence-corrected chi connectivity index (χ4v) is 12.8.